The molecule has 0 aliphatic carbocycles. The molecular weight excluding hydrogens is 228 g/mol. The Bertz CT molecular complexity index is 483. The number of imide groups is 1. The summed E-state index contributed by atoms with van der Waals surface area (Å²) in [6.07, 6.45) is 2.31. The molecule has 0 radical (unpaired) electrons. The molecule has 1 heterocycles. The van der Waals surface area contributed by atoms with Gasteiger partial charge in [0.05, 0.1) is 0 Å². The average Bonchev–Trinajstić information content (AvgIpc) is 2.38. The molecular formula is C14H18N2O2. The standard InChI is InChI=1S/C14H18N2O2/c1-3-10-5-6-12(9-11(10)4-2)16-8-7-13(17)15-14(16)18/h5-6,9H,3-4,7-8H2,1-2H3,(H,15,17,18). The summed E-state index contributed by atoms with van der Waals surface area (Å²) in [4.78, 5) is 24.5. The predicted octanol–water partition coefficient (Wildman–Crippen LogP) is 2.26. The molecule has 1 aliphatic rings. The van der Waals surface area contributed by atoms with Crippen molar-refractivity contribution in [3.63, 3.8) is 0 Å². The lowest BCUT2D eigenvalue weighted by Gasteiger charge is -2.27. The summed E-state index contributed by atoms with van der Waals surface area (Å²) < 4.78 is 0. The Balaban J connectivity index is 2.28. The van der Waals surface area contributed by atoms with Gasteiger partial charge < -0.3 is 0 Å². The number of amides is 3. The van der Waals surface area contributed by atoms with Gasteiger partial charge in [-0.25, -0.2) is 4.79 Å². The third-order valence-corrected chi connectivity index (χ3v) is 3.32. The number of benzene rings is 1. The van der Waals surface area contributed by atoms with Gasteiger partial charge in [0.25, 0.3) is 0 Å². The third kappa shape index (κ3) is 2.37. The second kappa shape index (κ2) is 5.21. The van der Waals surface area contributed by atoms with E-state index >= 15 is 0 Å². The lowest BCUT2D eigenvalue weighted by molar-refractivity contribution is -0.120. The Morgan fingerprint density at radius 2 is 1.89 bits per heavy atom. The zero-order valence-corrected chi connectivity index (χ0v) is 10.8. The third-order valence-electron chi connectivity index (χ3n) is 3.32. The second-order valence-electron chi connectivity index (χ2n) is 4.42. The largest absolute Gasteiger partial charge is 0.328 e. The summed E-state index contributed by atoms with van der Waals surface area (Å²) in [7, 11) is 0. The van der Waals surface area contributed by atoms with Crippen molar-refractivity contribution in [2.75, 3.05) is 11.4 Å². The maximum atomic E-state index is 11.8. The van der Waals surface area contributed by atoms with Crippen LogP contribution in [-0.4, -0.2) is 18.5 Å². The van der Waals surface area contributed by atoms with Crippen molar-refractivity contribution in [1.82, 2.24) is 5.32 Å². The van der Waals surface area contributed by atoms with Crippen molar-refractivity contribution in [2.45, 2.75) is 33.1 Å². The first-order valence-electron chi connectivity index (χ1n) is 6.38. The van der Waals surface area contributed by atoms with E-state index in [1.807, 2.05) is 12.1 Å². The molecule has 0 unspecified atom stereocenters. The highest BCUT2D eigenvalue weighted by molar-refractivity contribution is 6.05. The van der Waals surface area contributed by atoms with Gasteiger partial charge in [0.15, 0.2) is 0 Å². The maximum Gasteiger partial charge on any atom is 0.328 e. The predicted molar refractivity (Wildman–Crippen MR) is 70.7 cm³/mol. The fourth-order valence-electron chi connectivity index (χ4n) is 2.26. The van der Waals surface area contributed by atoms with Crippen LogP contribution >= 0.6 is 0 Å². The van der Waals surface area contributed by atoms with E-state index in [1.54, 1.807) is 4.90 Å². The summed E-state index contributed by atoms with van der Waals surface area (Å²) in [6.45, 7) is 4.69. The number of hydrogen-bond donors (Lipinski definition) is 1. The molecule has 96 valence electrons. The van der Waals surface area contributed by atoms with Crippen LogP contribution in [0.1, 0.15) is 31.4 Å². The van der Waals surface area contributed by atoms with Crippen molar-refractivity contribution in [3.8, 4) is 0 Å². The summed E-state index contributed by atoms with van der Waals surface area (Å²) in [5, 5.41) is 2.34. The van der Waals surface area contributed by atoms with E-state index in [1.165, 1.54) is 11.1 Å². The smallest absolute Gasteiger partial charge is 0.294 e. The number of anilines is 1. The highest BCUT2D eigenvalue weighted by Gasteiger charge is 2.24. The molecule has 0 spiro atoms. The van der Waals surface area contributed by atoms with Crippen LogP contribution in [0.5, 0.6) is 0 Å². The molecule has 4 nitrogen and oxygen atoms in total. The normalized spacial score (nSPS) is 15.8. The van der Waals surface area contributed by atoms with E-state index in [0.29, 0.717) is 13.0 Å². The van der Waals surface area contributed by atoms with Crippen molar-refractivity contribution in [1.29, 1.82) is 0 Å². The van der Waals surface area contributed by atoms with E-state index < -0.39 is 0 Å². The topological polar surface area (TPSA) is 49.4 Å². The Morgan fingerprint density at radius 3 is 2.50 bits per heavy atom. The Hall–Kier alpha value is -1.84. The highest BCUT2D eigenvalue weighted by atomic mass is 16.2. The van der Waals surface area contributed by atoms with E-state index in [2.05, 4.69) is 25.2 Å². The number of urea groups is 1. The first-order chi connectivity index (χ1) is 8.65. The van der Waals surface area contributed by atoms with Gasteiger partial charge in [-0.1, -0.05) is 19.9 Å². The summed E-state index contributed by atoms with van der Waals surface area (Å²) in [5.74, 6) is -0.197. The van der Waals surface area contributed by atoms with Gasteiger partial charge in [-0.05, 0) is 36.1 Å². The van der Waals surface area contributed by atoms with Gasteiger partial charge in [0.2, 0.25) is 5.91 Å². The average molecular weight is 246 g/mol. The molecule has 1 N–H and O–H groups in total. The Morgan fingerprint density at radius 1 is 1.17 bits per heavy atom. The molecule has 0 aromatic heterocycles. The first kappa shape index (κ1) is 12.6. The molecule has 1 fully saturated rings. The number of rotatable bonds is 3. The quantitative estimate of drug-likeness (QED) is 0.889. The highest BCUT2D eigenvalue weighted by Crippen LogP contribution is 2.22. The van der Waals surface area contributed by atoms with Crippen LogP contribution in [0.25, 0.3) is 0 Å². The van der Waals surface area contributed by atoms with Crippen LogP contribution in [0.4, 0.5) is 10.5 Å². The number of hydrogen-bond acceptors (Lipinski definition) is 2. The minimum absolute atomic E-state index is 0.197. The Kier molecular flexibility index (Phi) is 3.65. The minimum Gasteiger partial charge on any atom is -0.294 e. The first-order valence-corrected chi connectivity index (χ1v) is 6.38. The van der Waals surface area contributed by atoms with Crippen LogP contribution in [0.3, 0.4) is 0 Å². The molecule has 3 amide bonds. The van der Waals surface area contributed by atoms with Crippen molar-refractivity contribution in [2.24, 2.45) is 0 Å². The van der Waals surface area contributed by atoms with Crippen molar-refractivity contribution >= 4 is 17.6 Å². The van der Waals surface area contributed by atoms with Crippen LogP contribution in [0, 0.1) is 0 Å². The molecule has 4 heteroatoms. The molecule has 0 atom stereocenters. The van der Waals surface area contributed by atoms with Gasteiger partial charge in [0.1, 0.15) is 0 Å². The number of nitrogens with zero attached hydrogens (tertiary/aromatic N) is 1. The van der Waals surface area contributed by atoms with Crippen LogP contribution in [0.2, 0.25) is 0 Å². The fraction of sp³-hybridized carbons (Fsp3) is 0.429. The van der Waals surface area contributed by atoms with Crippen LogP contribution in [0.15, 0.2) is 18.2 Å². The summed E-state index contributed by atoms with van der Waals surface area (Å²) in [6, 6.07) is 5.75. The zero-order chi connectivity index (χ0) is 13.1. The molecule has 0 saturated carbocycles. The molecule has 0 bridgehead atoms. The molecule has 1 aromatic carbocycles. The summed E-state index contributed by atoms with van der Waals surface area (Å²) >= 11 is 0. The molecule has 1 aromatic rings. The van der Waals surface area contributed by atoms with Crippen molar-refractivity contribution < 1.29 is 9.59 Å². The molecule has 18 heavy (non-hydrogen) atoms. The van der Waals surface area contributed by atoms with E-state index in [9.17, 15) is 9.59 Å². The van der Waals surface area contributed by atoms with Crippen LogP contribution in [-0.2, 0) is 17.6 Å². The SMILES string of the molecule is CCc1ccc(N2CCC(=O)NC2=O)cc1CC. The maximum absolute atomic E-state index is 11.8. The molecule has 1 saturated heterocycles. The van der Waals surface area contributed by atoms with Gasteiger partial charge in [-0.15, -0.1) is 0 Å². The number of aryl methyl sites for hydroxylation is 2. The summed E-state index contributed by atoms with van der Waals surface area (Å²) in [5.41, 5.74) is 3.45. The van der Waals surface area contributed by atoms with E-state index in [4.69, 9.17) is 0 Å². The lowest BCUT2D eigenvalue weighted by Crippen LogP contribution is -2.49. The number of carbonyl (C=O) groups excluding carboxylic acids is 2. The zero-order valence-electron chi connectivity index (χ0n) is 10.8. The van der Waals surface area contributed by atoms with Crippen LogP contribution < -0.4 is 10.2 Å². The minimum atomic E-state index is -0.322. The van der Waals surface area contributed by atoms with E-state index in [0.717, 1.165) is 18.5 Å². The van der Waals surface area contributed by atoms with Gasteiger partial charge in [-0.2, -0.15) is 0 Å². The lowest BCUT2D eigenvalue weighted by atomic mass is 10.0. The van der Waals surface area contributed by atoms with Gasteiger partial charge in [-0.3, -0.25) is 15.0 Å². The number of nitrogens with one attached hydrogen (secondary N) is 1. The number of carbonyl (C=O) groups is 2. The second-order valence-corrected chi connectivity index (χ2v) is 4.42. The van der Waals surface area contributed by atoms with E-state index in [-0.39, 0.29) is 11.9 Å². The molecule has 1 aliphatic heterocycles. The van der Waals surface area contributed by atoms with Gasteiger partial charge >= 0.3 is 6.03 Å². The van der Waals surface area contributed by atoms with Crippen molar-refractivity contribution in [3.05, 3.63) is 29.3 Å². The fourth-order valence-corrected chi connectivity index (χ4v) is 2.26. The van der Waals surface area contributed by atoms with Gasteiger partial charge in [0, 0.05) is 18.7 Å². The monoisotopic (exact) mass is 246 g/mol. The Labute approximate surface area is 107 Å². The molecule has 2 rings (SSSR count).